The molecule has 0 saturated heterocycles. The molecule has 26 heavy (non-hydrogen) atoms. The molecule has 5 N–H and O–H groups in total. The summed E-state index contributed by atoms with van der Waals surface area (Å²) in [5, 5.41) is 23.4. The molecular formula is C19H23N3O4. The second-order valence-corrected chi connectivity index (χ2v) is 6.13. The van der Waals surface area contributed by atoms with Crippen LogP contribution in [-0.2, 0) is 4.79 Å². The molecule has 1 rings (SSSR count). The van der Waals surface area contributed by atoms with Crippen molar-refractivity contribution in [2.75, 3.05) is 7.05 Å². The van der Waals surface area contributed by atoms with Crippen molar-refractivity contribution < 1.29 is 19.9 Å². The SMILES string of the molecule is CNC(C)(C)C(NC(=O)c1ccc(C#CC#CC(C)O)cc1)C(=O)NO. The number of amides is 2. The first-order chi connectivity index (χ1) is 12.2. The number of likely N-dealkylation sites (N-methyl/N-ethyl adjacent to an activating group) is 1. The van der Waals surface area contributed by atoms with Gasteiger partial charge in [0.1, 0.15) is 12.1 Å². The predicted octanol–water partition coefficient (Wildman–Crippen LogP) is 0.0241. The number of rotatable bonds is 5. The van der Waals surface area contributed by atoms with Crippen molar-refractivity contribution in [1.82, 2.24) is 16.1 Å². The third-order valence-electron chi connectivity index (χ3n) is 3.71. The Labute approximate surface area is 153 Å². The summed E-state index contributed by atoms with van der Waals surface area (Å²) >= 11 is 0. The molecule has 0 bridgehead atoms. The minimum Gasteiger partial charge on any atom is -0.381 e. The molecule has 0 aliphatic carbocycles. The molecule has 0 saturated carbocycles. The zero-order valence-corrected chi connectivity index (χ0v) is 15.2. The quantitative estimate of drug-likeness (QED) is 0.290. The van der Waals surface area contributed by atoms with Crippen LogP contribution in [0.2, 0.25) is 0 Å². The van der Waals surface area contributed by atoms with Gasteiger partial charge in [0.2, 0.25) is 0 Å². The van der Waals surface area contributed by atoms with Gasteiger partial charge >= 0.3 is 0 Å². The number of benzene rings is 1. The third-order valence-corrected chi connectivity index (χ3v) is 3.71. The largest absolute Gasteiger partial charge is 0.381 e. The standard InChI is InChI=1S/C19H23N3O4/c1-13(23)7-5-6-8-14-9-11-15(12-10-14)17(24)21-16(18(25)22-26)19(2,3)20-4/h9-13,16,20,23,26H,1-4H3,(H,21,24)(H,22,25). The van der Waals surface area contributed by atoms with Crippen LogP contribution in [0.3, 0.4) is 0 Å². The number of aliphatic hydroxyl groups excluding tert-OH is 1. The molecule has 1 aromatic carbocycles. The van der Waals surface area contributed by atoms with E-state index in [9.17, 15) is 9.59 Å². The molecule has 0 aliphatic rings. The number of hydrogen-bond donors (Lipinski definition) is 5. The number of carbonyl (C=O) groups is 2. The smallest absolute Gasteiger partial charge is 0.267 e. The van der Waals surface area contributed by atoms with Crippen LogP contribution in [0, 0.1) is 23.7 Å². The van der Waals surface area contributed by atoms with Gasteiger partial charge in [0.25, 0.3) is 11.8 Å². The molecule has 2 unspecified atom stereocenters. The summed E-state index contributed by atoms with van der Waals surface area (Å²) in [6.07, 6.45) is -0.735. The molecule has 0 aromatic heterocycles. The van der Waals surface area contributed by atoms with Gasteiger partial charge in [-0.2, -0.15) is 0 Å². The molecule has 0 radical (unpaired) electrons. The second-order valence-electron chi connectivity index (χ2n) is 6.13. The zero-order chi connectivity index (χ0) is 19.7. The lowest BCUT2D eigenvalue weighted by atomic mass is 9.93. The summed E-state index contributed by atoms with van der Waals surface area (Å²) in [5.74, 6) is 9.24. The summed E-state index contributed by atoms with van der Waals surface area (Å²) in [6.45, 7) is 4.99. The van der Waals surface area contributed by atoms with E-state index in [4.69, 9.17) is 10.3 Å². The van der Waals surface area contributed by atoms with Gasteiger partial charge in [0.05, 0.1) is 0 Å². The molecule has 2 atom stereocenters. The Balaban J connectivity index is 2.90. The van der Waals surface area contributed by atoms with Gasteiger partial charge in [-0.1, -0.05) is 11.8 Å². The summed E-state index contributed by atoms with van der Waals surface area (Å²) in [6, 6.07) is 5.45. The number of aliphatic hydroxyl groups is 1. The Bertz CT molecular complexity index is 762. The van der Waals surface area contributed by atoms with Gasteiger partial charge in [0.15, 0.2) is 0 Å². The molecule has 7 heteroatoms. The maximum absolute atomic E-state index is 12.4. The molecule has 0 spiro atoms. The number of carbonyl (C=O) groups excluding carboxylic acids is 2. The van der Waals surface area contributed by atoms with Crippen LogP contribution in [0.25, 0.3) is 0 Å². The van der Waals surface area contributed by atoms with Crippen molar-refractivity contribution in [3.63, 3.8) is 0 Å². The molecule has 2 amide bonds. The van der Waals surface area contributed by atoms with E-state index in [-0.39, 0.29) is 0 Å². The van der Waals surface area contributed by atoms with Crippen molar-refractivity contribution in [1.29, 1.82) is 0 Å². The van der Waals surface area contributed by atoms with E-state index >= 15 is 0 Å². The normalized spacial score (nSPS) is 12.5. The van der Waals surface area contributed by atoms with Crippen molar-refractivity contribution in [2.45, 2.75) is 38.5 Å². The number of hydrogen-bond acceptors (Lipinski definition) is 5. The first kappa shape index (κ1) is 21.2. The van der Waals surface area contributed by atoms with Gasteiger partial charge in [-0.15, -0.1) is 0 Å². The van der Waals surface area contributed by atoms with Crippen LogP contribution in [0.4, 0.5) is 0 Å². The Morgan fingerprint density at radius 1 is 1.15 bits per heavy atom. The van der Waals surface area contributed by atoms with Crippen molar-refractivity contribution in [3.05, 3.63) is 35.4 Å². The minimum atomic E-state index is -0.986. The third kappa shape index (κ3) is 6.23. The predicted molar refractivity (Wildman–Crippen MR) is 97.1 cm³/mol. The second kappa shape index (κ2) is 9.59. The van der Waals surface area contributed by atoms with E-state index in [0.29, 0.717) is 11.1 Å². The molecule has 1 aromatic rings. The highest BCUT2D eigenvalue weighted by atomic mass is 16.5. The molecule has 138 valence electrons. The van der Waals surface area contributed by atoms with E-state index in [1.54, 1.807) is 57.6 Å². The lowest BCUT2D eigenvalue weighted by molar-refractivity contribution is -0.132. The van der Waals surface area contributed by atoms with E-state index in [2.05, 4.69) is 34.3 Å². The summed E-state index contributed by atoms with van der Waals surface area (Å²) in [5.41, 5.74) is 1.78. The number of nitrogens with one attached hydrogen (secondary N) is 3. The first-order valence-corrected chi connectivity index (χ1v) is 7.94. The summed E-state index contributed by atoms with van der Waals surface area (Å²) in [4.78, 5) is 24.3. The van der Waals surface area contributed by atoms with E-state index < -0.39 is 29.5 Å². The minimum absolute atomic E-state index is 0.341. The zero-order valence-electron chi connectivity index (χ0n) is 15.2. The lowest BCUT2D eigenvalue weighted by Crippen LogP contribution is -2.62. The highest BCUT2D eigenvalue weighted by Crippen LogP contribution is 2.11. The topological polar surface area (TPSA) is 111 Å². The Morgan fingerprint density at radius 2 is 1.77 bits per heavy atom. The maximum Gasteiger partial charge on any atom is 0.267 e. The van der Waals surface area contributed by atoms with Gasteiger partial charge in [-0.05, 0) is 63.9 Å². The van der Waals surface area contributed by atoms with Crippen LogP contribution in [0.1, 0.15) is 36.7 Å². The van der Waals surface area contributed by atoms with Gasteiger partial charge < -0.3 is 15.7 Å². The van der Waals surface area contributed by atoms with Crippen LogP contribution >= 0.6 is 0 Å². The molecule has 0 fully saturated rings. The van der Waals surface area contributed by atoms with Gasteiger partial charge in [-0.25, -0.2) is 5.48 Å². The Kier molecular flexibility index (Phi) is 7.82. The molecular weight excluding hydrogens is 334 g/mol. The van der Waals surface area contributed by atoms with E-state index in [0.717, 1.165) is 0 Å². The average Bonchev–Trinajstić information content (AvgIpc) is 2.62. The highest BCUT2D eigenvalue weighted by Gasteiger charge is 2.35. The Morgan fingerprint density at radius 3 is 2.27 bits per heavy atom. The van der Waals surface area contributed by atoms with Crippen molar-refractivity contribution in [2.24, 2.45) is 0 Å². The first-order valence-electron chi connectivity index (χ1n) is 7.94. The lowest BCUT2D eigenvalue weighted by Gasteiger charge is -2.32. The fourth-order valence-corrected chi connectivity index (χ4v) is 1.95. The monoisotopic (exact) mass is 357 g/mol. The Hall–Kier alpha value is -2.84. The fraction of sp³-hybridized carbons (Fsp3) is 0.368. The average molecular weight is 357 g/mol. The van der Waals surface area contributed by atoms with Crippen molar-refractivity contribution in [3.8, 4) is 23.7 Å². The maximum atomic E-state index is 12.4. The van der Waals surface area contributed by atoms with E-state index in [1.807, 2.05) is 0 Å². The van der Waals surface area contributed by atoms with Gasteiger partial charge in [-0.3, -0.25) is 14.8 Å². The molecule has 0 aliphatic heterocycles. The fourth-order valence-electron chi connectivity index (χ4n) is 1.95. The summed E-state index contributed by atoms with van der Waals surface area (Å²) in [7, 11) is 1.65. The van der Waals surface area contributed by atoms with Crippen molar-refractivity contribution >= 4 is 11.8 Å². The van der Waals surface area contributed by atoms with Crippen LogP contribution in [0.5, 0.6) is 0 Å². The summed E-state index contributed by atoms with van der Waals surface area (Å²) < 4.78 is 0. The van der Waals surface area contributed by atoms with E-state index in [1.165, 1.54) is 0 Å². The van der Waals surface area contributed by atoms with Crippen LogP contribution in [-0.4, -0.2) is 46.9 Å². The highest BCUT2D eigenvalue weighted by molar-refractivity contribution is 5.97. The molecule has 7 nitrogen and oxygen atoms in total. The molecule has 0 heterocycles. The van der Waals surface area contributed by atoms with Gasteiger partial charge in [0, 0.05) is 16.7 Å². The number of hydroxylamine groups is 1. The van der Waals surface area contributed by atoms with Crippen LogP contribution in [0.15, 0.2) is 24.3 Å². The van der Waals surface area contributed by atoms with Crippen LogP contribution < -0.4 is 16.1 Å².